The highest BCUT2D eigenvalue weighted by Gasteiger charge is 2.17. The maximum atomic E-state index is 5.78. The minimum Gasteiger partial charge on any atom is -0.439 e. The van der Waals surface area contributed by atoms with Crippen LogP contribution in [0.5, 0.6) is 11.6 Å². The van der Waals surface area contributed by atoms with Crippen LogP contribution in [0, 0.1) is 0 Å². The van der Waals surface area contributed by atoms with Crippen LogP contribution in [0.25, 0.3) is 0 Å². The summed E-state index contributed by atoms with van der Waals surface area (Å²) in [6.45, 7) is 6.68. The van der Waals surface area contributed by atoms with Gasteiger partial charge in [0.2, 0.25) is 5.88 Å². The molecule has 3 heteroatoms. The molecular formula is C16H18ClNO. The number of rotatable bonds is 4. The summed E-state index contributed by atoms with van der Waals surface area (Å²) in [5.41, 5.74) is 1.50. The van der Waals surface area contributed by atoms with Crippen molar-refractivity contribution in [2.45, 2.75) is 32.6 Å². The maximum absolute atomic E-state index is 5.78. The Bertz CT molecular complexity index is 532. The number of aromatic nitrogens is 1. The van der Waals surface area contributed by atoms with E-state index in [1.54, 1.807) is 18.3 Å². The van der Waals surface area contributed by atoms with Crippen molar-refractivity contribution in [3.8, 4) is 11.6 Å². The average Bonchev–Trinajstić information content (AvgIpc) is 2.42. The minimum absolute atomic E-state index is 0.192. The molecule has 0 atom stereocenters. The summed E-state index contributed by atoms with van der Waals surface area (Å²) in [6.07, 6.45) is 2.68. The van der Waals surface area contributed by atoms with Gasteiger partial charge in [0, 0.05) is 12.3 Å². The number of pyridine rings is 1. The lowest BCUT2D eigenvalue weighted by atomic mass is 9.82. The van der Waals surface area contributed by atoms with Crippen LogP contribution in [0.2, 0.25) is 5.02 Å². The lowest BCUT2D eigenvalue weighted by Crippen LogP contribution is -2.14. The molecule has 0 aliphatic carbocycles. The molecule has 1 aromatic heterocycles. The van der Waals surface area contributed by atoms with E-state index in [-0.39, 0.29) is 5.41 Å². The molecular weight excluding hydrogens is 258 g/mol. The third kappa shape index (κ3) is 3.48. The van der Waals surface area contributed by atoms with E-state index >= 15 is 0 Å². The highest BCUT2D eigenvalue weighted by molar-refractivity contribution is 6.30. The molecule has 0 aliphatic heterocycles. The van der Waals surface area contributed by atoms with E-state index in [4.69, 9.17) is 16.3 Å². The fourth-order valence-electron chi connectivity index (χ4n) is 1.72. The highest BCUT2D eigenvalue weighted by Crippen LogP contribution is 2.29. The van der Waals surface area contributed by atoms with E-state index < -0.39 is 0 Å². The molecule has 0 saturated carbocycles. The Morgan fingerprint density at radius 3 is 2.32 bits per heavy atom. The Morgan fingerprint density at radius 2 is 1.79 bits per heavy atom. The van der Waals surface area contributed by atoms with E-state index in [0.717, 1.165) is 12.2 Å². The van der Waals surface area contributed by atoms with Crippen LogP contribution >= 0.6 is 11.6 Å². The second-order valence-electron chi connectivity index (χ2n) is 5.18. The standard InChI is InChI=1S/C16H18ClNO/c1-4-16(2,3)12-5-8-14(9-6-12)19-15-10-7-13(17)11-18-15/h5-11H,4H2,1-3H3. The summed E-state index contributed by atoms with van der Waals surface area (Å²) in [6, 6.07) is 11.7. The van der Waals surface area contributed by atoms with E-state index in [0.29, 0.717) is 10.9 Å². The van der Waals surface area contributed by atoms with Gasteiger partial charge in [-0.2, -0.15) is 0 Å². The van der Waals surface area contributed by atoms with Crippen molar-refractivity contribution < 1.29 is 4.74 Å². The van der Waals surface area contributed by atoms with Gasteiger partial charge in [0.15, 0.2) is 0 Å². The monoisotopic (exact) mass is 275 g/mol. The Morgan fingerprint density at radius 1 is 1.11 bits per heavy atom. The van der Waals surface area contributed by atoms with Crippen molar-refractivity contribution in [3.05, 3.63) is 53.2 Å². The van der Waals surface area contributed by atoms with Crippen molar-refractivity contribution in [2.75, 3.05) is 0 Å². The summed E-state index contributed by atoms with van der Waals surface area (Å²) in [5.74, 6) is 1.33. The topological polar surface area (TPSA) is 22.1 Å². The number of ether oxygens (including phenoxy) is 1. The molecule has 0 spiro atoms. The molecule has 2 rings (SSSR count). The van der Waals surface area contributed by atoms with Gasteiger partial charge in [0.05, 0.1) is 5.02 Å². The van der Waals surface area contributed by atoms with Gasteiger partial charge in [0.1, 0.15) is 5.75 Å². The Kier molecular flexibility index (Phi) is 4.11. The van der Waals surface area contributed by atoms with Gasteiger partial charge in [-0.1, -0.05) is 44.5 Å². The van der Waals surface area contributed by atoms with Crippen LogP contribution in [-0.4, -0.2) is 4.98 Å². The molecule has 2 aromatic rings. The minimum atomic E-state index is 0.192. The zero-order chi connectivity index (χ0) is 13.9. The van der Waals surface area contributed by atoms with Crippen molar-refractivity contribution >= 4 is 11.6 Å². The molecule has 0 saturated heterocycles. The molecule has 0 radical (unpaired) electrons. The Labute approximate surface area is 119 Å². The molecule has 1 heterocycles. The number of hydrogen-bond donors (Lipinski definition) is 0. The van der Waals surface area contributed by atoms with Crippen LogP contribution in [0.4, 0.5) is 0 Å². The average molecular weight is 276 g/mol. The van der Waals surface area contributed by atoms with Crippen LogP contribution in [-0.2, 0) is 5.41 Å². The van der Waals surface area contributed by atoms with Crippen molar-refractivity contribution in [3.63, 3.8) is 0 Å². The van der Waals surface area contributed by atoms with Gasteiger partial charge in [-0.25, -0.2) is 4.98 Å². The van der Waals surface area contributed by atoms with Gasteiger partial charge in [-0.05, 0) is 35.6 Å². The predicted molar refractivity (Wildman–Crippen MR) is 79.1 cm³/mol. The molecule has 0 N–H and O–H groups in total. The summed E-state index contributed by atoms with van der Waals surface area (Å²) >= 11 is 5.78. The van der Waals surface area contributed by atoms with E-state index in [2.05, 4.69) is 37.9 Å². The predicted octanol–water partition coefficient (Wildman–Crippen LogP) is 5.21. The fraction of sp³-hybridized carbons (Fsp3) is 0.312. The first kappa shape index (κ1) is 13.9. The molecule has 1 aromatic carbocycles. The Balaban J connectivity index is 2.13. The normalized spacial score (nSPS) is 11.4. The van der Waals surface area contributed by atoms with Crippen LogP contribution in [0.3, 0.4) is 0 Å². The van der Waals surface area contributed by atoms with Gasteiger partial charge in [-0.3, -0.25) is 0 Å². The largest absolute Gasteiger partial charge is 0.439 e. The van der Waals surface area contributed by atoms with Crippen LogP contribution in [0.1, 0.15) is 32.8 Å². The number of benzene rings is 1. The molecule has 100 valence electrons. The smallest absolute Gasteiger partial charge is 0.219 e. The van der Waals surface area contributed by atoms with Gasteiger partial charge < -0.3 is 4.74 Å². The summed E-state index contributed by atoms with van der Waals surface area (Å²) in [7, 11) is 0. The molecule has 0 aliphatic rings. The molecule has 19 heavy (non-hydrogen) atoms. The molecule has 2 nitrogen and oxygen atoms in total. The fourth-order valence-corrected chi connectivity index (χ4v) is 1.83. The molecule has 0 amide bonds. The number of halogens is 1. The van der Waals surface area contributed by atoms with Gasteiger partial charge in [-0.15, -0.1) is 0 Å². The molecule has 0 fully saturated rings. The zero-order valence-corrected chi connectivity index (χ0v) is 12.2. The van der Waals surface area contributed by atoms with E-state index in [1.165, 1.54) is 5.56 Å². The summed E-state index contributed by atoms with van der Waals surface area (Å²) in [4.78, 5) is 4.11. The first-order valence-corrected chi connectivity index (χ1v) is 6.79. The zero-order valence-electron chi connectivity index (χ0n) is 11.5. The first-order valence-electron chi connectivity index (χ1n) is 6.41. The lowest BCUT2D eigenvalue weighted by Gasteiger charge is -2.23. The number of nitrogens with zero attached hydrogens (tertiary/aromatic N) is 1. The quantitative estimate of drug-likeness (QED) is 0.764. The second kappa shape index (κ2) is 5.62. The van der Waals surface area contributed by atoms with E-state index in [1.807, 2.05) is 12.1 Å². The second-order valence-corrected chi connectivity index (χ2v) is 5.61. The van der Waals surface area contributed by atoms with Crippen molar-refractivity contribution in [1.29, 1.82) is 0 Å². The third-order valence-electron chi connectivity index (χ3n) is 3.44. The van der Waals surface area contributed by atoms with Crippen LogP contribution in [0.15, 0.2) is 42.6 Å². The van der Waals surface area contributed by atoms with Crippen LogP contribution < -0.4 is 4.74 Å². The van der Waals surface area contributed by atoms with Crippen molar-refractivity contribution in [1.82, 2.24) is 4.98 Å². The van der Waals surface area contributed by atoms with Gasteiger partial charge in [0.25, 0.3) is 0 Å². The first-order chi connectivity index (χ1) is 9.01. The third-order valence-corrected chi connectivity index (χ3v) is 3.67. The van der Waals surface area contributed by atoms with Crippen molar-refractivity contribution in [2.24, 2.45) is 0 Å². The highest BCUT2D eigenvalue weighted by atomic mass is 35.5. The SMILES string of the molecule is CCC(C)(C)c1ccc(Oc2ccc(Cl)cn2)cc1. The molecule has 0 bridgehead atoms. The number of hydrogen-bond acceptors (Lipinski definition) is 2. The Hall–Kier alpha value is -1.54. The molecule has 0 unspecified atom stereocenters. The lowest BCUT2D eigenvalue weighted by molar-refractivity contribution is 0.460. The summed E-state index contributed by atoms with van der Waals surface area (Å²) in [5, 5.41) is 0.604. The summed E-state index contributed by atoms with van der Waals surface area (Å²) < 4.78 is 5.66. The van der Waals surface area contributed by atoms with Gasteiger partial charge >= 0.3 is 0 Å². The maximum Gasteiger partial charge on any atom is 0.219 e. The van der Waals surface area contributed by atoms with E-state index in [9.17, 15) is 0 Å².